The molecule has 2 heterocycles. The van der Waals surface area contributed by atoms with Crippen LogP contribution in [0.5, 0.6) is 5.88 Å². The fourth-order valence-electron chi connectivity index (χ4n) is 3.35. The summed E-state index contributed by atoms with van der Waals surface area (Å²) in [5.41, 5.74) is 0.243. The molecule has 1 aliphatic heterocycles. The Bertz CT molecular complexity index is 697. The molecule has 128 valence electrons. The zero-order chi connectivity index (χ0) is 17.0. The molecule has 1 saturated heterocycles. The van der Waals surface area contributed by atoms with E-state index in [1.54, 1.807) is 31.5 Å². The maximum absolute atomic E-state index is 14.0. The number of piperidine rings is 1. The summed E-state index contributed by atoms with van der Waals surface area (Å²) in [4.78, 5) is 10.7. The standard InChI is InChI=1S/C18H22FN3O2/c1-24-16-7-9-20-17(21-16)22-10-4-8-18(12-22,13-23)11-14-5-2-3-6-15(14)19/h2-3,5-7,9,23H,4,8,10-13H2,1H3. The smallest absolute Gasteiger partial charge is 0.228 e. The lowest BCUT2D eigenvalue weighted by Crippen LogP contribution is -2.47. The van der Waals surface area contributed by atoms with E-state index in [1.165, 1.54) is 6.07 Å². The summed E-state index contributed by atoms with van der Waals surface area (Å²) in [7, 11) is 1.57. The number of aliphatic hydroxyl groups is 1. The number of aliphatic hydroxyl groups excluding tert-OH is 1. The Morgan fingerprint density at radius 3 is 2.92 bits per heavy atom. The maximum atomic E-state index is 14.0. The molecule has 1 atom stereocenters. The van der Waals surface area contributed by atoms with Crippen LogP contribution < -0.4 is 9.64 Å². The summed E-state index contributed by atoms with van der Waals surface area (Å²) in [5, 5.41) is 10.0. The van der Waals surface area contributed by atoms with E-state index in [0.717, 1.165) is 19.4 Å². The van der Waals surface area contributed by atoms with Gasteiger partial charge in [0.05, 0.1) is 13.7 Å². The Balaban J connectivity index is 1.82. The van der Waals surface area contributed by atoms with E-state index in [-0.39, 0.29) is 12.4 Å². The van der Waals surface area contributed by atoms with E-state index in [9.17, 15) is 9.50 Å². The van der Waals surface area contributed by atoms with Gasteiger partial charge < -0.3 is 14.7 Å². The van der Waals surface area contributed by atoms with Crippen molar-refractivity contribution < 1.29 is 14.2 Å². The Hall–Kier alpha value is -2.21. The first-order chi connectivity index (χ1) is 11.7. The first-order valence-corrected chi connectivity index (χ1v) is 8.12. The van der Waals surface area contributed by atoms with Crippen LogP contribution >= 0.6 is 0 Å². The monoisotopic (exact) mass is 331 g/mol. The van der Waals surface area contributed by atoms with Gasteiger partial charge in [-0.25, -0.2) is 9.37 Å². The Morgan fingerprint density at radius 2 is 2.17 bits per heavy atom. The van der Waals surface area contributed by atoms with Gasteiger partial charge in [0.15, 0.2) is 0 Å². The number of hydrogen-bond acceptors (Lipinski definition) is 5. The molecular weight excluding hydrogens is 309 g/mol. The number of methoxy groups -OCH3 is 1. The van der Waals surface area contributed by atoms with Crippen LogP contribution in [0.3, 0.4) is 0 Å². The van der Waals surface area contributed by atoms with Gasteiger partial charge in [0.1, 0.15) is 5.82 Å². The second-order valence-corrected chi connectivity index (χ2v) is 6.35. The molecule has 1 aliphatic rings. The number of rotatable bonds is 5. The third-order valence-corrected chi connectivity index (χ3v) is 4.63. The molecule has 1 aromatic heterocycles. The summed E-state index contributed by atoms with van der Waals surface area (Å²) in [6.45, 7) is 1.40. The molecule has 0 radical (unpaired) electrons. The molecule has 2 aromatic rings. The van der Waals surface area contributed by atoms with E-state index >= 15 is 0 Å². The molecule has 0 bridgehead atoms. The highest BCUT2D eigenvalue weighted by atomic mass is 19.1. The molecule has 24 heavy (non-hydrogen) atoms. The third-order valence-electron chi connectivity index (χ3n) is 4.63. The van der Waals surface area contributed by atoms with Crippen molar-refractivity contribution >= 4 is 5.95 Å². The highest BCUT2D eigenvalue weighted by Gasteiger charge is 2.36. The molecule has 1 fully saturated rings. The quantitative estimate of drug-likeness (QED) is 0.912. The average molecular weight is 331 g/mol. The van der Waals surface area contributed by atoms with E-state index in [4.69, 9.17) is 4.74 Å². The minimum atomic E-state index is -0.396. The van der Waals surface area contributed by atoms with Gasteiger partial charge in [-0.05, 0) is 30.9 Å². The molecule has 5 nitrogen and oxygen atoms in total. The second kappa shape index (κ2) is 7.13. The topological polar surface area (TPSA) is 58.5 Å². The van der Waals surface area contributed by atoms with Gasteiger partial charge in [0.25, 0.3) is 0 Å². The first kappa shape index (κ1) is 16.6. The predicted molar refractivity (Wildman–Crippen MR) is 89.7 cm³/mol. The molecule has 0 saturated carbocycles. The molecule has 3 rings (SSSR count). The fourth-order valence-corrected chi connectivity index (χ4v) is 3.35. The molecule has 1 N–H and O–H groups in total. The number of anilines is 1. The van der Waals surface area contributed by atoms with E-state index in [1.807, 2.05) is 11.0 Å². The van der Waals surface area contributed by atoms with Gasteiger partial charge >= 0.3 is 0 Å². The summed E-state index contributed by atoms with van der Waals surface area (Å²) < 4.78 is 19.2. The van der Waals surface area contributed by atoms with E-state index in [0.29, 0.717) is 30.4 Å². The van der Waals surface area contributed by atoms with Crippen LogP contribution in [-0.2, 0) is 6.42 Å². The lowest BCUT2D eigenvalue weighted by atomic mass is 9.75. The van der Waals surface area contributed by atoms with Crippen molar-refractivity contribution in [3.63, 3.8) is 0 Å². The van der Waals surface area contributed by atoms with Crippen molar-refractivity contribution in [1.29, 1.82) is 0 Å². The fraction of sp³-hybridized carbons (Fsp3) is 0.444. The first-order valence-electron chi connectivity index (χ1n) is 8.12. The van der Waals surface area contributed by atoms with Gasteiger partial charge in [-0.1, -0.05) is 18.2 Å². The lowest BCUT2D eigenvalue weighted by molar-refractivity contribution is 0.104. The Morgan fingerprint density at radius 1 is 1.33 bits per heavy atom. The minimum absolute atomic E-state index is 0.00179. The highest BCUT2D eigenvalue weighted by molar-refractivity contribution is 5.34. The molecule has 0 spiro atoms. The van der Waals surface area contributed by atoms with Crippen molar-refractivity contribution in [2.45, 2.75) is 19.3 Å². The van der Waals surface area contributed by atoms with Crippen LogP contribution in [0.1, 0.15) is 18.4 Å². The van der Waals surface area contributed by atoms with Crippen LogP contribution in [-0.4, -0.2) is 41.9 Å². The second-order valence-electron chi connectivity index (χ2n) is 6.35. The Labute approximate surface area is 141 Å². The Kier molecular flexibility index (Phi) is 4.94. The average Bonchev–Trinajstić information content (AvgIpc) is 2.64. The minimum Gasteiger partial charge on any atom is -0.481 e. The van der Waals surface area contributed by atoms with Crippen LogP contribution in [0.4, 0.5) is 10.3 Å². The predicted octanol–water partition coefficient (Wildman–Crippen LogP) is 2.45. The van der Waals surface area contributed by atoms with E-state index < -0.39 is 5.41 Å². The summed E-state index contributed by atoms with van der Waals surface area (Å²) >= 11 is 0. The lowest BCUT2D eigenvalue weighted by Gasteiger charge is -2.42. The van der Waals surface area contributed by atoms with Gasteiger partial charge in [0, 0.05) is 30.8 Å². The van der Waals surface area contributed by atoms with Crippen molar-refractivity contribution in [3.05, 3.63) is 47.9 Å². The molecule has 1 aromatic carbocycles. The molecule has 1 unspecified atom stereocenters. The summed E-state index contributed by atoms with van der Waals surface area (Å²) in [6, 6.07) is 8.46. The zero-order valence-corrected chi connectivity index (χ0v) is 13.8. The summed E-state index contributed by atoms with van der Waals surface area (Å²) in [6.07, 6.45) is 3.90. The van der Waals surface area contributed by atoms with Crippen LogP contribution in [0.2, 0.25) is 0 Å². The summed E-state index contributed by atoms with van der Waals surface area (Å²) in [5.74, 6) is 0.870. The molecular formula is C18H22FN3O2. The van der Waals surface area contributed by atoms with Crippen LogP contribution in [0.15, 0.2) is 36.5 Å². The third kappa shape index (κ3) is 3.48. The zero-order valence-electron chi connectivity index (χ0n) is 13.8. The number of halogens is 1. The van der Waals surface area contributed by atoms with Crippen molar-refractivity contribution in [2.24, 2.45) is 5.41 Å². The maximum Gasteiger partial charge on any atom is 0.228 e. The van der Waals surface area contributed by atoms with Gasteiger partial charge in [-0.3, -0.25) is 0 Å². The van der Waals surface area contributed by atoms with Gasteiger partial charge in [-0.15, -0.1) is 0 Å². The normalized spacial score (nSPS) is 20.9. The number of benzene rings is 1. The van der Waals surface area contributed by atoms with Crippen LogP contribution in [0.25, 0.3) is 0 Å². The molecule has 0 amide bonds. The largest absolute Gasteiger partial charge is 0.481 e. The molecule has 0 aliphatic carbocycles. The van der Waals surface area contributed by atoms with Crippen molar-refractivity contribution in [3.8, 4) is 5.88 Å². The number of aromatic nitrogens is 2. The number of nitrogens with zero attached hydrogens (tertiary/aromatic N) is 3. The highest BCUT2D eigenvalue weighted by Crippen LogP contribution is 2.35. The molecule has 6 heteroatoms. The van der Waals surface area contributed by atoms with Gasteiger partial charge in [0.2, 0.25) is 11.8 Å². The van der Waals surface area contributed by atoms with Crippen molar-refractivity contribution in [2.75, 3.05) is 31.7 Å². The SMILES string of the molecule is COc1ccnc(N2CCCC(CO)(Cc3ccccc3F)C2)n1. The number of hydrogen-bond donors (Lipinski definition) is 1. The van der Waals surface area contributed by atoms with Gasteiger partial charge in [-0.2, -0.15) is 4.98 Å². The van der Waals surface area contributed by atoms with E-state index in [2.05, 4.69) is 9.97 Å². The van der Waals surface area contributed by atoms with Crippen molar-refractivity contribution in [1.82, 2.24) is 9.97 Å². The number of ether oxygens (including phenoxy) is 1. The van der Waals surface area contributed by atoms with Crippen LogP contribution in [0, 0.1) is 11.2 Å².